The summed E-state index contributed by atoms with van der Waals surface area (Å²) in [7, 11) is -1.66. The first kappa shape index (κ1) is 15.0. The van der Waals surface area contributed by atoms with Crippen LogP contribution in [0.1, 0.15) is 31.6 Å². The van der Waals surface area contributed by atoms with Gasteiger partial charge in [0.15, 0.2) is 0 Å². The van der Waals surface area contributed by atoms with Gasteiger partial charge in [0.25, 0.3) is 10.0 Å². The van der Waals surface area contributed by atoms with Gasteiger partial charge in [-0.15, -0.1) is 11.3 Å². The zero-order valence-electron chi connectivity index (χ0n) is 11.7. The monoisotopic (exact) mass is 302 g/mol. The Labute approximate surface area is 119 Å². The lowest BCUT2D eigenvalue weighted by atomic mass is 10.2. The summed E-state index contributed by atoms with van der Waals surface area (Å²) in [6.45, 7) is 5.37. The van der Waals surface area contributed by atoms with E-state index in [1.165, 1.54) is 28.5 Å². The molecule has 108 valence electrons. The van der Waals surface area contributed by atoms with E-state index >= 15 is 0 Å². The molecule has 1 fully saturated rings. The molecule has 4 nitrogen and oxygen atoms in total. The maximum Gasteiger partial charge on any atom is 0.252 e. The SMILES string of the molecule is CC(C)CN(C)S(=O)(=O)c1ccc(CNC2CC2)s1. The van der Waals surface area contributed by atoms with Crippen LogP contribution < -0.4 is 5.32 Å². The van der Waals surface area contributed by atoms with Crippen molar-refractivity contribution in [2.45, 2.75) is 43.5 Å². The summed E-state index contributed by atoms with van der Waals surface area (Å²) in [5.74, 6) is 0.329. The van der Waals surface area contributed by atoms with Gasteiger partial charge in [-0.2, -0.15) is 4.31 Å². The average molecular weight is 302 g/mol. The van der Waals surface area contributed by atoms with Crippen LogP contribution in [-0.4, -0.2) is 32.4 Å². The van der Waals surface area contributed by atoms with Crippen LogP contribution in [0.4, 0.5) is 0 Å². The van der Waals surface area contributed by atoms with Crippen molar-refractivity contribution < 1.29 is 8.42 Å². The van der Waals surface area contributed by atoms with Crippen molar-refractivity contribution in [3.63, 3.8) is 0 Å². The molecule has 1 N–H and O–H groups in total. The number of thiophene rings is 1. The van der Waals surface area contributed by atoms with E-state index in [0.29, 0.717) is 22.7 Å². The fourth-order valence-corrected chi connectivity index (χ4v) is 4.74. The normalized spacial score (nSPS) is 16.5. The van der Waals surface area contributed by atoms with E-state index in [1.54, 1.807) is 13.1 Å². The van der Waals surface area contributed by atoms with Gasteiger partial charge in [0.05, 0.1) is 0 Å². The minimum Gasteiger partial charge on any atom is -0.309 e. The van der Waals surface area contributed by atoms with Gasteiger partial charge in [0.1, 0.15) is 4.21 Å². The largest absolute Gasteiger partial charge is 0.309 e. The lowest BCUT2D eigenvalue weighted by Crippen LogP contribution is -2.29. The van der Waals surface area contributed by atoms with Crippen molar-refractivity contribution in [3.05, 3.63) is 17.0 Å². The van der Waals surface area contributed by atoms with Gasteiger partial charge in [-0.25, -0.2) is 8.42 Å². The second-order valence-corrected chi connectivity index (χ2v) is 9.00. The average Bonchev–Trinajstić information content (AvgIpc) is 3.02. The van der Waals surface area contributed by atoms with E-state index < -0.39 is 10.0 Å². The van der Waals surface area contributed by atoms with E-state index in [4.69, 9.17) is 0 Å². The summed E-state index contributed by atoms with van der Waals surface area (Å²) < 4.78 is 26.6. The molecule has 1 aromatic rings. The van der Waals surface area contributed by atoms with Crippen molar-refractivity contribution in [2.24, 2.45) is 5.92 Å². The molecule has 0 amide bonds. The Kier molecular flexibility index (Phi) is 4.66. The first-order chi connectivity index (χ1) is 8.89. The highest BCUT2D eigenvalue weighted by molar-refractivity contribution is 7.91. The van der Waals surface area contributed by atoms with Crippen LogP contribution >= 0.6 is 11.3 Å². The number of sulfonamides is 1. The fourth-order valence-electron chi connectivity index (χ4n) is 1.89. The van der Waals surface area contributed by atoms with Crippen molar-refractivity contribution in [3.8, 4) is 0 Å². The molecule has 6 heteroatoms. The Morgan fingerprint density at radius 1 is 1.42 bits per heavy atom. The van der Waals surface area contributed by atoms with Gasteiger partial charge < -0.3 is 5.32 Å². The van der Waals surface area contributed by atoms with Crippen molar-refractivity contribution >= 4 is 21.4 Å². The van der Waals surface area contributed by atoms with Gasteiger partial charge in [0, 0.05) is 31.1 Å². The number of nitrogens with zero attached hydrogens (tertiary/aromatic N) is 1. The van der Waals surface area contributed by atoms with E-state index in [0.717, 1.165) is 11.4 Å². The molecule has 0 bridgehead atoms. The molecule has 1 aliphatic carbocycles. The highest BCUT2D eigenvalue weighted by atomic mass is 32.2. The minimum atomic E-state index is -3.31. The minimum absolute atomic E-state index is 0.329. The molecule has 0 saturated heterocycles. The molecule has 19 heavy (non-hydrogen) atoms. The standard InChI is InChI=1S/C13H22N2O2S2/c1-10(2)9-15(3)19(16,17)13-7-6-12(18-13)8-14-11-4-5-11/h6-7,10-11,14H,4-5,8-9H2,1-3H3. The summed E-state index contributed by atoms with van der Waals surface area (Å²) in [6, 6.07) is 4.28. The highest BCUT2D eigenvalue weighted by Crippen LogP contribution is 2.26. The zero-order valence-corrected chi connectivity index (χ0v) is 13.4. The third-order valence-corrected chi connectivity index (χ3v) is 6.44. The second-order valence-electron chi connectivity index (χ2n) is 5.56. The third kappa shape index (κ3) is 4.02. The summed E-state index contributed by atoms with van der Waals surface area (Å²) in [6.07, 6.45) is 2.49. The molecule has 0 aromatic carbocycles. The lowest BCUT2D eigenvalue weighted by Gasteiger charge is -2.17. The predicted octanol–water partition coefficient (Wildman–Crippen LogP) is 2.28. The Bertz CT molecular complexity index is 519. The highest BCUT2D eigenvalue weighted by Gasteiger charge is 2.24. The molecule has 1 aliphatic rings. The van der Waals surface area contributed by atoms with Gasteiger partial charge in [0.2, 0.25) is 0 Å². The van der Waals surface area contributed by atoms with Crippen LogP contribution in [0.2, 0.25) is 0 Å². The Balaban J connectivity index is 2.02. The molecular weight excluding hydrogens is 280 g/mol. The smallest absolute Gasteiger partial charge is 0.252 e. The molecule has 0 aliphatic heterocycles. The number of hydrogen-bond donors (Lipinski definition) is 1. The van der Waals surface area contributed by atoms with Crippen LogP contribution in [-0.2, 0) is 16.6 Å². The first-order valence-corrected chi connectivity index (χ1v) is 8.93. The number of hydrogen-bond acceptors (Lipinski definition) is 4. The quantitative estimate of drug-likeness (QED) is 0.840. The van der Waals surface area contributed by atoms with Gasteiger partial charge in [-0.1, -0.05) is 13.8 Å². The topological polar surface area (TPSA) is 49.4 Å². The summed E-state index contributed by atoms with van der Waals surface area (Å²) in [4.78, 5) is 1.09. The molecule has 0 unspecified atom stereocenters. The third-order valence-electron chi connectivity index (χ3n) is 3.07. The van der Waals surface area contributed by atoms with E-state index in [9.17, 15) is 8.42 Å². The van der Waals surface area contributed by atoms with Gasteiger partial charge >= 0.3 is 0 Å². The van der Waals surface area contributed by atoms with Crippen LogP contribution in [0, 0.1) is 5.92 Å². The van der Waals surface area contributed by atoms with E-state index in [-0.39, 0.29) is 0 Å². The molecule has 0 radical (unpaired) electrons. The molecule has 2 rings (SSSR count). The Morgan fingerprint density at radius 3 is 2.68 bits per heavy atom. The van der Waals surface area contributed by atoms with E-state index in [1.807, 2.05) is 19.9 Å². The molecular formula is C13H22N2O2S2. The number of rotatable bonds is 7. The van der Waals surface area contributed by atoms with Crippen LogP contribution in [0.15, 0.2) is 16.3 Å². The summed E-state index contributed by atoms with van der Waals surface area (Å²) in [5.41, 5.74) is 0. The molecule has 0 atom stereocenters. The van der Waals surface area contributed by atoms with Crippen LogP contribution in [0.3, 0.4) is 0 Å². The molecule has 1 heterocycles. The Morgan fingerprint density at radius 2 is 2.11 bits per heavy atom. The maximum absolute atomic E-state index is 12.3. The molecule has 1 saturated carbocycles. The zero-order chi connectivity index (χ0) is 14.0. The Hall–Kier alpha value is -0.430. The van der Waals surface area contributed by atoms with Crippen molar-refractivity contribution in [1.82, 2.24) is 9.62 Å². The number of nitrogens with one attached hydrogen (secondary N) is 1. The molecule has 1 aromatic heterocycles. The van der Waals surface area contributed by atoms with Crippen molar-refractivity contribution in [2.75, 3.05) is 13.6 Å². The second kappa shape index (κ2) is 5.91. The fraction of sp³-hybridized carbons (Fsp3) is 0.692. The van der Waals surface area contributed by atoms with Crippen LogP contribution in [0.25, 0.3) is 0 Å². The van der Waals surface area contributed by atoms with Crippen LogP contribution in [0.5, 0.6) is 0 Å². The molecule has 0 spiro atoms. The maximum atomic E-state index is 12.3. The van der Waals surface area contributed by atoms with Crippen molar-refractivity contribution in [1.29, 1.82) is 0 Å². The summed E-state index contributed by atoms with van der Waals surface area (Å²) in [5, 5.41) is 3.40. The van der Waals surface area contributed by atoms with Gasteiger partial charge in [-0.05, 0) is 30.9 Å². The predicted molar refractivity (Wildman–Crippen MR) is 78.8 cm³/mol. The first-order valence-electron chi connectivity index (χ1n) is 6.68. The lowest BCUT2D eigenvalue weighted by molar-refractivity contribution is 0.418. The van der Waals surface area contributed by atoms with E-state index in [2.05, 4.69) is 5.32 Å². The summed E-state index contributed by atoms with van der Waals surface area (Å²) >= 11 is 1.37. The van der Waals surface area contributed by atoms with Gasteiger partial charge in [-0.3, -0.25) is 0 Å².